The molecule has 0 saturated carbocycles. The van der Waals surface area contributed by atoms with Crippen LogP contribution in [0.3, 0.4) is 0 Å². The van der Waals surface area contributed by atoms with Gasteiger partial charge in [-0.1, -0.05) is 23.9 Å². The lowest BCUT2D eigenvalue weighted by molar-refractivity contribution is -0.106. The van der Waals surface area contributed by atoms with E-state index in [1.807, 2.05) is 30.3 Å². The quantitative estimate of drug-likeness (QED) is 0.704. The summed E-state index contributed by atoms with van der Waals surface area (Å²) in [6.45, 7) is 0. The fraction of sp³-hybridized carbons (Fsp3) is 0. The number of para-hydroxylation sites is 1. The summed E-state index contributed by atoms with van der Waals surface area (Å²) in [5, 5.41) is 0. The van der Waals surface area contributed by atoms with Crippen molar-refractivity contribution in [3.8, 4) is 0 Å². The van der Waals surface area contributed by atoms with Crippen molar-refractivity contribution in [2.45, 2.75) is 9.79 Å². The zero-order valence-electron chi connectivity index (χ0n) is 8.33. The van der Waals surface area contributed by atoms with Gasteiger partial charge in [0.25, 0.3) is 0 Å². The number of carbonyl (C=O) groups excluding carboxylic acids is 1. The van der Waals surface area contributed by atoms with E-state index in [1.54, 1.807) is 29.1 Å². The maximum atomic E-state index is 11.2. The number of benzene rings is 1. The van der Waals surface area contributed by atoms with Gasteiger partial charge in [-0.15, -0.1) is 0 Å². The number of amides is 1. The van der Waals surface area contributed by atoms with Crippen molar-refractivity contribution in [1.82, 2.24) is 4.98 Å². The van der Waals surface area contributed by atoms with Crippen LogP contribution in [0, 0.1) is 0 Å². The molecule has 2 heterocycles. The Balaban J connectivity index is 2.23. The summed E-state index contributed by atoms with van der Waals surface area (Å²) < 4.78 is 0. The van der Waals surface area contributed by atoms with Gasteiger partial charge in [-0.3, -0.25) is 14.7 Å². The SMILES string of the molecule is O=CN1c2ccccc2Sc2cnccc21. The number of carbonyl (C=O) groups is 1. The maximum absolute atomic E-state index is 11.2. The van der Waals surface area contributed by atoms with E-state index in [2.05, 4.69) is 4.98 Å². The molecule has 0 saturated heterocycles. The molecule has 78 valence electrons. The average molecular weight is 228 g/mol. The number of pyridine rings is 1. The van der Waals surface area contributed by atoms with Gasteiger partial charge in [0.05, 0.1) is 16.3 Å². The molecule has 1 aromatic heterocycles. The van der Waals surface area contributed by atoms with E-state index < -0.39 is 0 Å². The Morgan fingerprint density at radius 1 is 1.12 bits per heavy atom. The normalized spacial score (nSPS) is 12.9. The zero-order valence-corrected chi connectivity index (χ0v) is 9.15. The first kappa shape index (κ1) is 9.42. The molecule has 0 unspecified atom stereocenters. The topological polar surface area (TPSA) is 33.2 Å². The third-order valence-corrected chi connectivity index (χ3v) is 3.57. The van der Waals surface area contributed by atoms with Crippen LogP contribution >= 0.6 is 11.8 Å². The Morgan fingerprint density at radius 3 is 2.81 bits per heavy atom. The Labute approximate surface area is 97.1 Å². The van der Waals surface area contributed by atoms with Crippen LogP contribution in [0.2, 0.25) is 0 Å². The number of anilines is 2. The average Bonchev–Trinajstić information content (AvgIpc) is 2.36. The Kier molecular flexibility index (Phi) is 2.15. The van der Waals surface area contributed by atoms with E-state index in [1.165, 1.54) is 0 Å². The first-order chi connectivity index (χ1) is 7.90. The van der Waals surface area contributed by atoms with Crippen LogP contribution in [-0.4, -0.2) is 11.4 Å². The number of aromatic nitrogens is 1. The van der Waals surface area contributed by atoms with Crippen LogP contribution in [0.25, 0.3) is 0 Å². The molecule has 1 aliphatic heterocycles. The molecule has 1 aromatic carbocycles. The van der Waals surface area contributed by atoms with Crippen molar-refractivity contribution in [1.29, 1.82) is 0 Å². The number of rotatable bonds is 1. The first-order valence-corrected chi connectivity index (χ1v) is 5.67. The van der Waals surface area contributed by atoms with Gasteiger partial charge in [0.1, 0.15) is 0 Å². The highest BCUT2D eigenvalue weighted by atomic mass is 32.2. The molecule has 3 nitrogen and oxygen atoms in total. The lowest BCUT2D eigenvalue weighted by Crippen LogP contribution is -2.18. The molecular formula is C12H8N2OS. The van der Waals surface area contributed by atoms with Crippen LogP contribution in [0.5, 0.6) is 0 Å². The van der Waals surface area contributed by atoms with Gasteiger partial charge < -0.3 is 0 Å². The Bertz CT molecular complexity index is 511. The summed E-state index contributed by atoms with van der Waals surface area (Å²) >= 11 is 1.64. The summed E-state index contributed by atoms with van der Waals surface area (Å²) in [5.74, 6) is 0. The highest BCUT2D eigenvalue weighted by molar-refractivity contribution is 7.99. The molecule has 1 amide bonds. The van der Waals surface area contributed by atoms with Gasteiger partial charge in [-0.25, -0.2) is 0 Å². The van der Waals surface area contributed by atoms with Crippen LogP contribution in [0.1, 0.15) is 0 Å². The van der Waals surface area contributed by atoms with Crippen LogP contribution < -0.4 is 4.90 Å². The predicted molar refractivity (Wildman–Crippen MR) is 63.0 cm³/mol. The molecule has 0 spiro atoms. The molecule has 0 atom stereocenters. The Morgan fingerprint density at radius 2 is 1.94 bits per heavy atom. The standard InChI is InChI=1S/C12H8N2OS/c15-8-14-9-3-1-2-4-11(9)16-12-7-13-6-5-10(12)14/h1-8H. The second-order valence-electron chi connectivity index (χ2n) is 3.39. The molecule has 4 heteroatoms. The van der Waals surface area contributed by atoms with Gasteiger partial charge in [0.2, 0.25) is 6.41 Å². The van der Waals surface area contributed by atoms with E-state index in [0.717, 1.165) is 27.6 Å². The largest absolute Gasteiger partial charge is 0.281 e. The number of fused-ring (bicyclic) bond motifs is 2. The molecule has 3 rings (SSSR count). The zero-order chi connectivity index (χ0) is 11.0. The minimum absolute atomic E-state index is 0.845. The molecule has 0 N–H and O–H groups in total. The number of hydrogen-bond donors (Lipinski definition) is 0. The first-order valence-electron chi connectivity index (χ1n) is 4.85. The second kappa shape index (κ2) is 3.64. The van der Waals surface area contributed by atoms with E-state index in [9.17, 15) is 4.79 Å². The molecular weight excluding hydrogens is 220 g/mol. The van der Waals surface area contributed by atoms with Gasteiger partial charge in [0.15, 0.2) is 0 Å². The monoisotopic (exact) mass is 228 g/mol. The molecule has 1 aliphatic rings. The number of nitrogens with zero attached hydrogens (tertiary/aromatic N) is 2. The summed E-state index contributed by atoms with van der Waals surface area (Å²) in [5.41, 5.74) is 1.83. The van der Waals surface area contributed by atoms with Crippen molar-refractivity contribution in [3.63, 3.8) is 0 Å². The minimum Gasteiger partial charge on any atom is -0.281 e. The van der Waals surface area contributed by atoms with E-state index in [4.69, 9.17) is 0 Å². The molecule has 2 aromatic rings. The third-order valence-electron chi connectivity index (χ3n) is 2.47. The second-order valence-corrected chi connectivity index (χ2v) is 4.47. The highest BCUT2D eigenvalue weighted by Crippen LogP contribution is 2.46. The summed E-state index contributed by atoms with van der Waals surface area (Å²) in [7, 11) is 0. The Hall–Kier alpha value is -1.81. The third kappa shape index (κ3) is 1.31. The van der Waals surface area contributed by atoms with Crippen LogP contribution in [-0.2, 0) is 4.79 Å². The summed E-state index contributed by atoms with van der Waals surface area (Å²) in [6.07, 6.45) is 4.33. The fourth-order valence-electron chi connectivity index (χ4n) is 1.75. The highest BCUT2D eigenvalue weighted by Gasteiger charge is 2.22. The van der Waals surface area contributed by atoms with Crippen molar-refractivity contribution in [2.75, 3.05) is 4.90 Å². The van der Waals surface area contributed by atoms with Crippen LogP contribution in [0.4, 0.5) is 11.4 Å². The maximum Gasteiger partial charge on any atom is 0.218 e. The lowest BCUT2D eigenvalue weighted by Gasteiger charge is -2.27. The smallest absolute Gasteiger partial charge is 0.218 e. The van der Waals surface area contributed by atoms with Gasteiger partial charge in [0, 0.05) is 17.3 Å². The van der Waals surface area contributed by atoms with E-state index in [-0.39, 0.29) is 0 Å². The van der Waals surface area contributed by atoms with E-state index in [0.29, 0.717) is 0 Å². The minimum atomic E-state index is 0.845. The summed E-state index contributed by atoms with van der Waals surface area (Å²) in [6, 6.07) is 9.71. The molecule has 0 fully saturated rings. The molecule has 0 radical (unpaired) electrons. The van der Waals surface area contributed by atoms with Gasteiger partial charge >= 0.3 is 0 Å². The van der Waals surface area contributed by atoms with Crippen molar-refractivity contribution < 1.29 is 4.79 Å². The fourth-order valence-corrected chi connectivity index (χ4v) is 2.79. The summed E-state index contributed by atoms with van der Waals surface area (Å²) in [4.78, 5) is 19.0. The molecule has 0 bridgehead atoms. The van der Waals surface area contributed by atoms with Crippen LogP contribution in [0.15, 0.2) is 52.5 Å². The van der Waals surface area contributed by atoms with Crippen molar-refractivity contribution in [3.05, 3.63) is 42.7 Å². The van der Waals surface area contributed by atoms with Crippen molar-refractivity contribution in [2.24, 2.45) is 0 Å². The van der Waals surface area contributed by atoms with Crippen molar-refractivity contribution >= 4 is 29.5 Å². The molecule has 0 aliphatic carbocycles. The molecule has 16 heavy (non-hydrogen) atoms. The van der Waals surface area contributed by atoms with Gasteiger partial charge in [-0.05, 0) is 18.2 Å². The predicted octanol–water partition coefficient (Wildman–Crippen LogP) is 2.84. The lowest BCUT2D eigenvalue weighted by atomic mass is 10.2. The van der Waals surface area contributed by atoms with E-state index >= 15 is 0 Å². The van der Waals surface area contributed by atoms with Gasteiger partial charge in [-0.2, -0.15) is 0 Å². The number of hydrogen-bond acceptors (Lipinski definition) is 3.